The molecule has 8 unspecified atom stereocenters. The third kappa shape index (κ3) is 3.66. The van der Waals surface area contributed by atoms with Crippen molar-refractivity contribution in [3.8, 4) is 0 Å². The fourth-order valence-electron chi connectivity index (χ4n) is 11.9. The summed E-state index contributed by atoms with van der Waals surface area (Å²) in [5, 5.41) is 10.5. The molecule has 6 aliphatic rings. The van der Waals surface area contributed by atoms with E-state index in [1.807, 2.05) is 0 Å². The Bertz CT molecular complexity index is 1180. The fourth-order valence-corrected chi connectivity index (χ4v) is 11.9. The largest absolute Gasteiger partial charge is 0.481 e. The first-order valence-corrected chi connectivity index (χ1v) is 16.2. The highest BCUT2D eigenvalue weighted by molar-refractivity contribution is 6.05. The lowest BCUT2D eigenvalue weighted by molar-refractivity contribution is -0.167. The van der Waals surface area contributed by atoms with Gasteiger partial charge in [-0.15, -0.1) is 0 Å². The van der Waals surface area contributed by atoms with Crippen LogP contribution in [0.5, 0.6) is 0 Å². The van der Waals surface area contributed by atoms with Crippen LogP contribution in [-0.2, 0) is 9.59 Å². The molecule has 1 N–H and O–H groups in total. The van der Waals surface area contributed by atoms with Crippen LogP contribution in [0.4, 0.5) is 0 Å². The molecule has 0 heterocycles. The zero-order chi connectivity index (χ0) is 28.1. The van der Waals surface area contributed by atoms with Gasteiger partial charge in [0.05, 0.1) is 5.41 Å². The van der Waals surface area contributed by atoms with E-state index in [4.69, 9.17) is 0 Å². The number of rotatable bonds is 3. The van der Waals surface area contributed by atoms with Gasteiger partial charge < -0.3 is 5.11 Å². The summed E-state index contributed by atoms with van der Waals surface area (Å²) in [5.74, 6) is 2.37. The molecular formula is C36H52O3. The van der Waals surface area contributed by atoms with E-state index in [-0.39, 0.29) is 40.3 Å². The Morgan fingerprint density at radius 1 is 0.949 bits per heavy atom. The van der Waals surface area contributed by atoms with Crippen LogP contribution in [-0.4, -0.2) is 16.9 Å². The quantitative estimate of drug-likeness (QED) is 0.395. The molecule has 0 aromatic rings. The van der Waals surface area contributed by atoms with Crippen molar-refractivity contribution in [1.29, 1.82) is 0 Å². The van der Waals surface area contributed by atoms with Crippen LogP contribution >= 0.6 is 0 Å². The maximum Gasteiger partial charge on any atom is 0.314 e. The van der Waals surface area contributed by atoms with Gasteiger partial charge in [0, 0.05) is 6.42 Å². The number of hydrogen-bond acceptors (Lipinski definition) is 2. The molecule has 6 rings (SSSR count). The number of Topliss-reactive ketones (excluding diaryl/α,β-unsaturated/α-hetero) is 1. The Morgan fingerprint density at radius 3 is 2.33 bits per heavy atom. The van der Waals surface area contributed by atoms with E-state index in [2.05, 4.69) is 60.6 Å². The van der Waals surface area contributed by atoms with Gasteiger partial charge in [0.2, 0.25) is 0 Å². The van der Waals surface area contributed by atoms with Crippen molar-refractivity contribution in [2.75, 3.05) is 0 Å². The molecule has 3 nitrogen and oxygen atoms in total. The molecule has 0 aromatic heterocycles. The molecule has 0 aromatic carbocycles. The van der Waals surface area contributed by atoms with Crippen LogP contribution in [0.3, 0.4) is 0 Å². The number of carboxylic acids is 1. The van der Waals surface area contributed by atoms with Gasteiger partial charge >= 0.3 is 5.97 Å². The average molecular weight is 533 g/mol. The van der Waals surface area contributed by atoms with Crippen LogP contribution in [0, 0.1) is 57.2 Å². The third-order valence-electron chi connectivity index (χ3n) is 13.6. The van der Waals surface area contributed by atoms with Crippen molar-refractivity contribution in [2.24, 2.45) is 57.2 Å². The second-order valence-corrected chi connectivity index (χ2v) is 16.1. The molecule has 0 bridgehead atoms. The molecule has 8 atom stereocenters. The third-order valence-corrected chi connectivity index (χ3v) is 13.6. The van der Waals surface area contributed by atoms with Gasteiger partial charge in [0.1, 0.15) is 0 Å². The molecule has 214 valence electrons. The lowest BCUT2D eigenvalue weighted by atomic mass is 9.37. The normalized spacial score (nSPS) is 45.1. The Hall–Kier alpha value is -1.64. The Morgan fingerprint density at radius 2 is 1.69 bits per heavy atom. The van der Waals surface area contributed by atoms with Gasteiger partial charge in [-0.1, -0.05) is 60.6 Å². The molecule has 0 aliphatic heterocycles. The molecule has 6 aliphatic carbocycles. The van der Waals surface area contributed by atoms with E-state index < -0.39 is 11.4 Å². The molecule has 0 radical (unpaired) electrons. The Balaban J connectivity index is 1.37. The van der Waals surface area contributed by atoms with E-state index in [1.54, 1.807) is 11.1 Å². The highest BCUT2D eigenvalue weighted by Crippen LogP contribution is 2.73. The van der Waals surface area contributed by atoms with Crippen LogP contribution < -0.4 is 0 Å². The average Bonchev–Trinajstić information content (AvgIpc) is 3.18. The van der Waals surface area contributed by atoms with E-state index in [1.165, 1.54) is 44.9 Å². The first-order chi connectivity index (χ1) is 18.3. The molecule has 0 saturated heterocycles. The van der Waals surface area contributed by atoms with Gasteiger partial charge in [0.15, 0.2) is 5.78 Å². The van der Waals surface area contributed by atoms with Crippen molar-refractivity contribution in [1.82, 2.24) is 0 Å². The number of hydrogen-bond donors (Lipinski definition) is 1. The van der Waals surface area contributed by atoms with Crippen molar-refractivity contribution < 1.29 is 14.7 Å². The van der Waals surface area contributed by atoms with E-state index in [0.29, 0.717) is 24.2 Å². The summed E-state index contributed by atoms with van der Waals surface area (Å²) in [7, 11) is 0. The van der Waals surface area contributed by atoms with Crippen molar-refractivity contribution in [2.45, 2.75) is 119 Å². The number of fused-ring (bicyclic) bond motifs is 7. The lowest BCUT2D eigenvalue weighted by Crippen LogP contribution is -2.60. The van der Waals surface area contributed by atoms with Crippen LogP contribution in [0.25, 0.3) is 0 Å². The highest BCUT2D eigenvalue weighted by atomic mass is 16.4. The van der Waals surface area contributed by atoms with Gasteiger partial charge in [-0.2, -0.15) is 0 Å². The van der Waals surface area contributed by atoms with Gasteiger partial charge in [-0.3, -0.25) is 9.59 Å². The van der Waals surface area contributed by atoms with Crippen molar-refractivity contribution >= 4 is 11.8 Å². The summed E-state index contributed by atoms with van der Waals surface area (Å²) in [4.78, 5) is 26.1. The zero-order valence-electron chi connectivity index (χ0n) is 25.7. The molecule has 0 amide bonds. The van der Waals surface area contributed by atoms with Crippen LogP contribution in [0.15, 0.2) is 34.4 Å². The first kappa shape index (κ1) is 27.5. The summed E-state index contributed by atoms with van der Waals surface area (Å²) in [6.45, 7) is 16.9. The second-order valence-electron chi connectivity index (χ2n) is 16.1. The molecule has 0 spiro atoms. The monoisotopic (exact) mass is 532 g/mol. The number of carboxylic acid groups (broad SMARTS) is 1. The number of allylic oxidation sites excluding steroid dienone is 5. The second kappa shape index (κ2) is 8.93. The van der Waals surface area contributed by atoms with E-state index >= 15 is 0 Å². The van der Waals surface area contributed by atoms with Gasteiger partial charge in [0.25, 0.3) is 0 Å². The minimum atomic E-state index is -0.933. The highest BCUT2D eigenvalue weighted by Gasteiger charge is 2.66. The maximum absolute atomic E-state index is 13.3. The van der Waals surface area contributed by atoms with Gasteiger partial charge in [-0.25, -0.2) is 0 Å². The van der Waals surface area contributed by atoms with Gasteiger partial charge in [-0.05, 0) is 138 Å². The molecule has 3 heteroatoms. The Kier molecular flexibility index (Phi) is 6.30. The summed E-state index contributed by atoms with van der Waals surface area (Å²) >= 11 is 0. The summed E-state index contributed by atoms with van der Waals surface area (Å²) in [6, 6.07) is 0. The fraction of sp³-hybridized carbons (Fsp3) is 0.778. The van der Waals surface area contributed by atoms with Crippen molar-refractivity contribution in [3.05, 3.63) is 34.4 Å². The Labute approximate surface area is 237 Å². The predicted molar refractivity (Wildman–Crippen MR) is 157 cm³/mol. The number of carbonyl (C=O) groups excluding carboxylic acids is 1. The lowest BCUT2D eigenvalue weighted by Gasteiger charge is -2.67. The zero-order valence-corrected chi connectivity index (χ0v) is 25.7. The molecule has 39 heavy (non-hydrogen) atoms. The number of aliphatic carboxylic acids is 1. The first-order valence-electron chi connectivity index (χ1n) is 16.2. The van der Waals surface area contributed by atoms with Crippen LogP contribution in [0.1, 0.15) is 119 Å². The number of ketones is 1. The minimum absolute atomic E-state index is 0.103. The van der Waals surface area contributed by atoms with Crippen molar-refractivity contribution in [3.63, 3.8) is 0 Å². The smallest absolute Gasteiger partial charge is 0.314 e. The summed E-state index contributed by atoms with van der Waals surface area (Å²) < 4.78 is 0. The topological polar surface area (TPSA) is 54.4 Å². The summed E-state index contributed by atoms with van der Waals surface area (Å²) in [6.07, 6.45) is 16.7. The summed E-state index contributed by atoms with van der Waals surface area (Å²) in [5.41, 5.74) is 4.98. The van der Waals surface area contributed by atoms with E-state index in [9.17, 15) is 14.7 Å². The molecule has 3 saturated carbocycles. The number of carbonyl (C=O) groups is 2. The minimum Gasteiger partial charge on any atom is -0.481 e. The SMILES string of the molecule is CC1CC=C(C2=CCC3(C)C(CCC4(C)C5CCC6(C(=O)O)CC(=O)C(C(C)C)=C6C5CCC43)C2(C)C)CC1. The predicted octanol–water partition coefficient (Wildman–Crippen LogP) is 8.94. The maximum atomic E-state index is 13.3. The molecule has 3 fully saturated rings. The van der Waals surface area contributed by atoms with Crippen LogP contribution in [0.2, 0.25) is 0 Å². The molecular weight excluding hydrogens is 480 g/mol. The standard InChI is InChI=1S/C36H52O3/c1-21(2)30-27(37)20-36(32(38)39)19-15-26-24(31(30)36)12-13-29-34(26,6)18-16-28-33(4,5)25(14-17-35(28,29)7)23-10-8-22(3)9-11-23/h10,14,21-22,24,26,28-29H,8-9,11-13,15-20H2,1-7H3,(H,38,39). The van der Waals surface area contributed by atoms with E-state index in [0.717, 1.165) is 29.9 Å².